The Morgan fingerprint density at radius 2 is 1.96 bits per heavy atom. The number of halogens is 1. The van der Waals surface area contributed by atoms with Gasteiger partial charge in [-0.2, -0.15) is 0 Å². The molecule has 2 aromatic carbocycles. The minimum atomic E-state index is -0.209. The lowest BCUT2D eigenvalue weighted by molar-refractivity contribution is 0.102. The van der Waals surface area contributed by atoms with Gasteiger partial charge in [-0.05, 0) is 45.8 Å². The van der Waals surface area contributed by atoms with Crippen LogP contribution >= 0.6 is 27.3 Å². The molecule has 0 saturated heterocycles. The van der Waals surface area contributed by atoms with E-state index < -0.39 is 0 Å². The number of rotatable bonds is 5. The van der Waals surface area contributed by atoms with Gasteiger partial charge in [-0.3, -0.25) is 4.79 Å². The topological polar surface area (TPSA) is 51.2 Å². The van der Waals surface area contributed by atoms with E-state index in [0.717, 1.165) is 26.5 Å². The monoisotopic (exact) mass is 402 g/mol. The van der Waals surface area contributed by atoms with Crippen molar-refractivity contribution in [3.63, 3.8) is 0 Å². The number of para-hydroxylation sites is 1. The Morgan fingerprint density at radius 1 is 1.21 bits per heavy atom. The summed E-state index contributed by atoms with van der Waals surface area (Å²) in [5, 5.41) is 5.54. The molecular formula is C18H15BrN2O2S. The van der Waals surface area contributed by atoms with Crippen LogP contribution in [0.3, 0.4) is 0 Å². The van der Waals surface area contributed by atoms with E-state index in [4.69, 9.17) is 4.74 Å². The van der Waals surface area contributed by atoms with Crippen molar-refractivity contribution in [3.8, 4) is 5.75 Å². The summed E-state index contributed by atoms with van der Waals surface area (Å²) in [5.41, 5.74) is 2.29. The summed E-state index contributed by atoms with van der Waals surface area (Å²) in [5.74, 6) is 0.616. The molecule has 0 aliphatic carbocycles. The average Bonchev–Trinajstić information content (AvgIpc) is 3.06. The highest BCUT2D eigenvalue weighted by Crippen LogP contribution is 2.23. The molecule has 0 bridgehead atoms. The summed E-state index contributed by atoms with van der Waals surface area (Å²) in [7, 11) is 1.64. The molecule has 0 aliphatic rings. The van der Waals surface area contributed by atoms with Crippen molar-refractivity contribution >= 4 is 38.9 Å². The molecule has 1 aromatic heterocycles. The van der Waals surface area contributed by atoms with E-state index in [1.807, 2.05) is 48.5 Å². The van der Waals surface area contributed by atoms with E-state index in [1.54, 1.807) is 12.5 Å². The zero-order chi connectivity index (χ0) is 16.9. The number of nitrogens with zero attached hydrogens (tertiary/aromatic N) is 1. The number of carbonyl (C=O) groups excluding carboxylic acids is 1. The minimum absolute atomic E-state index is 0.209. The highest BCUT2D eigenvalue weighted by atomic mass is 79.9. The number of hydrogen-bond acceptors (Lipinski definition) is 4. The number of anilines is 1. The maximum atomic E-state index is 12.3. The molecule has 1 N–H and O–H groups in total. The summed E-state index contributed by atoms with van der Waals surface area (Å²) in [6.45, 7) is 0. The summed E-state index contributed by atoms with van der Waals surface area (Å²) in [6, 6.07) is 15.3. The lowest BCUT2D eigenvalue weighted by Crippen LogP contribution is -2.12. The van der Waals surface area contributed by atoms with E-state index in [9.17, 15) is 4.79 Å². The molecule has 3 rings (SSSR count). The molecule has 0 radical (unpaired) electrons. The quantitative estimate of drug-likeness (QED) is 0.669. The number of aromatic nitrogens is 1. The molecular weight excluding hydrogens is 388 g/mol. The van der Waals surface area contributed by atoms with Gasteiger partial charge in [-0.15, -0.1) is 11.3 Å². The molecule has 3 aromatic rings. The Morgan fingerprint density at radius 3 is 2.67 bits per heavy atom. The number of nitrogens with one attached hydrogen (secondary N) is 1. The van der Waals surface area contributed by atoms with Crippen molar-refractivity contribution in [2.75, 3.05) is 12.4 Å². The summed E-state index contributed by atoms with van der Waals surface area (Å²) < 4.78 is 5.99. The number of hydrogen-bond donors (Lipinski definition) is 1. The van der Waals surface area contributed by atoms with Crippen molar-refractivity contribution in [1.29, 1.82) is 0 Å². The van der Waals surface area contributed by atoms with Gasteiger partial charge < -0.3 is 10.1 Å². The second-order valence-electron chi connectivity index (χ2n) is 5.09. The lowest BCUT2D eigenvalue weighted by atomic mass is 10.1. The third-order valence-electron chi connectivity index (χ3n) is 3.42. The average molecular weight is 403 g/mol. The molecule has 0 aliphatic heterocycles. The maximum absolute atomic E-state index is 12.3. The maximum Gasteiger partial charge on any atom is 0.275 e. The zero-order valence-corrected chi connectivity index (χ0v) is 15.4. The Kier molecular flexibility index (Phi) is 5.27. The number of amides is 1. The first-order valence-corrected chi connectivity index (χ1v) is 8.96. The number of thiazole rings is 1. The molecule has 24 heavy (non-hydrogen) atoms. The largest absolute Gasteiger partial charge is 0.497 e. The fourth-order valence-electron chi connectivity index (χ4n) is 2.16. The molecule has 0 fully saturated rings. The van der Waals surface area contributed by atoms with Crippen LogP contribution < -0.4 is 10.1 Å². The Balaban J connectivity index is 1.68. The van der Waals surface area contributed by atoms with E-state index >= 15 is 0 Å². The van der Waals surface area contributed by atoms with Gasteiger partial charge in [0.2, 0.25) is 0 Å². The predicted octanol–water partition coefficient (Wildman–Crippen LogP) is 4.76. The molecule has 0 spiro atoms. The number of benzene rings is 2. The molecule has 1 amide bonds. The molecule has 0 saturated carbocycles. The van der Waals surface area contributed by atoms with Crippen molar-refractivity contribution in [3.05, 3.63) is 74.6 Å². The van der Waals surface area contributed by atoms with Crippen LogP contribution in [-0.2, 0) is 6.42 Å². The first kappa shape index (κ1) is 16.7. The van der Waals surface area contributed by atoms with Gasteiger partial charge in [-0.1, -0.05) is 24.3 Å². The third-order valence-corrected chi connectivity index (χ3v) is 4.96. The second-order valence-corrected chi connectivity index (χ2v) is 6.88. The van der Waals surface area contributed by atoms with Crippen LogP contribution in [0.2, 0.25) is 0 Å². The molecule has 0 unspecified atom stereocenters. The van der Waals surface area contributed by atoms with Crippen molar-refractivity contribution < 1.29 is 9.53 Å². The SMILES string of the molecule is COc1ccc(Cc2nc(C(=O)Nc3ccccc3Br)cs2)cc1. The van der Waals surface area contributed by atoms with Crippen LogP contribution in [0.1, 0.15) is 21.1 Å². The van der Waals surface area contributed by atoms with Gasteiger partial charge in [0, 0.05) is 16.3 Å². The Hall–Kier alpha value is -2.18. The van der Waals surface area contributed by atoms with Gasteiger partial charge in [0.25, 0.3) is 5.91 Å². The highest BCUT2D eigenvalue weighted by molar-refractivity contribution is 9.10. The van der Waals surface area contributed by atoms with Crippen LogP contribution in [-0.4, -0.2) is 18.0 Å². The molecule has 6 heteroatoms. The van der Waals surface area contributed by atoms with E-state index in [1.165, 1.54) is 11.3 Å². The van der Waals surface area contributed by atoms with E-state index in [2.05, 4.69) is 26.2 Å². The first-order valence-electron chi connectivity index (χ1n) is 7.29. The lowest BCUT2D eigenvalue weighted by Gasteiger charge is -2.05. The standard InChI is InChI=1S/C18H15BrN2O2S/c1-23-13-8-6-12(7-9-13)10-17-20-16(11-24-17)18(22)21-15-5-3-2-4-14(15)19/h2-9,11H,10H2,1H3,(H,21,22). The van der Waals surface area contributed by atoms with Crippen LogP contribution in [0.5, 0.6) is 5.75 Å². The second kappa shape index (κ2) is 7.59. The number of methoxy groups -OCH3 is 1. The van der Waals surface area contributed by atoms with Crippen LogP contribution in [0.15, 0.2) is 58.4 Å². The van der Waals surface area contributed by atoms with Crippen molar-refractivity contribution in [1.82, 2.24) is 4.98 Å². The first-order chi connectivity index (χ1) is 11.7. The van der Waals surface area contributed by atoms with Gasteiger partial charge in [0.15, 0.2) is 0 Å². The van der Waals surface area contributed by atoms with E-state index in [0.29, 0.717) is 12.1 Å². The Labute approximate surface area is 152 Å². The normalized spacial score (nSPS) is 10.4. The summed E-state index contributed by atoms with van der Waals surface area (Å²) >= 11 is 4.90. The minimum Gasteiger partial charge on any atom is -0.497 e. The van der Waals surface area contributed by atoms with Crippen LogP contribution in [0.4, 0.5) is 5.69 Å². The molecule has 1 heterocycles. The van der Waals surface area contributed by atoms with Crippen LogP contribution in [0.25, 0.3) is 0 Å². The van der Waals surface area contributed by atoms with Gasteiger partial charge >= 0.3 is 0 Å². The molecule has 122 valence electrons. The van der Waals surface area contributed by atoms with Crippen molar-refractivity contribution in [2.45, 2.75) is 6.42 Å². The van der Waals surface area contributed by atoms with Crippen molar-refractivity contribution in [2.24, 2.45) is 0 Å². The highest BCUT2D eigenvalue weighted by Gasteiger charge is 2.12. The molecule has 4 nitrogen and oxygen atoms in total. The van der Waals surface area contributed by atoms with Gasteiger partial charge in [0.05, 0.1) is 17.8 Å². The van der Waals surface area contributed by atoms with Gasteiger partial charge in [0.1, 0.15) is 11.4 Å². The number of carbonyl (C=O) groups is 1. The third kappa shape index (κ3) is 4.01. The summed E-state index contributed by atoms with van der Waals surface area (Å²) in [6.07, 6.45) is 0.691. The zero-order valence-electron chi connectivity index (χ0n) is 13.0. The van der Waals surface area contributed by atoms with Gasteiger partial charge in [-0.25, -0.2) is 4.98 Å². The Bertz CT molecular complexity index is 846. The van der Waals surface area contributed by atoms with E-state index in [-0.39, 0.29) is 5.91 Å². The fraction of sp³-hybridized carbons (Fsp3) is 0.111. The number of ether oxygens (including phenoxy) is 1. The molecule has 0 atom stereocenters. The van der Waals surface area contributed by atoms with Crippen LogP contribution in [0, 0.1) is 0 Å². The predicted molar refractivity (Wildman–Crippen MR) is 100 cm³/mol. The smallest absolute Gasteiger partial charge is 0.275 e. The fourth-order valence-corrected chi connectivity index (χ4v) is 3.36. The summed E-state index contributed by atoms with van der Waals surface area (Å²) in [4.78, 5) is 16.7.